The molecule has 1 heterocycles. The largest absolute Gasteiger partial charge is 0.497 e. The van der Waals surface area contributed by atoms with E-state index >= 15 is 0 Å². The standard InChI is InChI=1S/C19H20N4O2S/c1-23-13-20-22-19(23)26-17-9-7-15(8-10-17)21-18(24)11-6-14-4-3-5-16(12-14)25-2/h3-5,7-10,12-13H,6,11H2,1-2H3,(H,21,24). The molecule has 0 atom stereocenters. The van der Waals surface area contributed by atoms with Gasteiger partial charge in [0.15, 0.2) is 5.16 Å². The maximum Gasteiger partial charge on any atom is 0.224 e. The van der Waals surface area contributed by atoms with Gasteiger partial charge in [0.2, 0.25) is 5.91 Å². The number of nitrogens with one attached hydrogen (secondary N) is 1. The molecule has 0 aliphatic heterocycles. The number of benzene rings is 2. The highest BCUT2D eigenvalue weighted by Gasteiger charge is 2.06. The Balaban J connectivity index is 1.51. The molecule has 6 nitrogen and oxygen atoms in total. The summed E-state index contributed by atoms with van der Waals surface area (Å²) in [7, 11) is 3.54. The zero-order valence-corrected chi connectivity index (χ0v) is 15.5. The van der Waals surface area contributed by atoms with Gasteiger partial charge in [-0.15, -0.1) is 10.2 Å². The summed E-state index contributed by atoms with van der Waals surface area (Å²) in [4.78, 5) is 13.2. The van der Waals surface area contributed by atoms with Crippen LogP contribution in [0.15, 0.2) is 64.9 Å². The molecule has 3 rings (SSSR count). The van der Waals surface area contributed by atoms with Crippen LogP contribution in [-0.2, 0) is 18.3 Å². The normalized spacial score (nSPS) is 10.5. The van der Waals surface area contributed by atoms with Crippen molar-refractivity contribution in [3.63, 3.8) is 0 Å². The van der Waals surface area contributed by atoms with E-state index in [-0.39, 0.29) is 5.91 Å². The van der Waals surface area contributed by atoms with Crippen molar-refractivity contribution in [1.82, 2.24) is 14.8 Å². The molecular weight excluding hydrogens is 348 g/mol. The Labute approximate surface area is 156 Å². The van der Waals surface area contributed by atoms with Crippen LogP contribution < -0.4 is 10.1 Å². The van der Waals surface area contributed by atoms with Gasteiger partial charge in [0, 0.05) is 24.1 Å². The van der Waals surface area contributed by atoms with E-state index in [1.54, 1.807) is 13.4 Å². The number of hydrogen-bond acceptors (Lipinski definition) is 5. The average Bonchev–Trinajstić information content (AvgIpc) is 3.06. The maximum atomic E-state index is 12.2. The van der Waals surface area contributed by atoms with Gasteiger partial charge < -0.3 is 14.6 Å². The van der Waals surface area contributed by atoms with E-state index in [9.17, 15) is 4.79 Å². The van der Waals surface area contributed by atoms with Crippen molar-refractivity contribution in [2.45, 2.75) is 22.9 Å². The van der Waals surface area contributed by atoms with Gasteiger partial charge in [-0.2, -0.15) is 0 Å². The molecule has 0 bridgehead atoms. The van der Waals surface area contributed by atoms with Crippen molar-refractivity contribution in [2.75, 3.05) is 12.4 Å². The zero-order valence-electron chi connectivity index (χ0n) is 14.7. The first-order chi connectivity index (χ1) is 12.6. The van der Waals surface area contributed by atoms with Crippen molar-refractivity contribution in [3.8, 4) is 5.75 Å². The highest BCUT2D eigenvalue weighted by atomic mass is 32.2. The average molecular weight is 368 g/mol. The summed E-state index contributed by atoms with van der Waals surface area (Å²) in [6.07, 6.45) is 2.75. The Bertz CT molecular complexity index is 877. The summed E-state index contributed by atoms with van der Waals surface area (Å²) in [6, 6.07) is 15.5. The van der Waals surface area contributed by atoms with E-state index in [0.29, 0.717) is 12.8 Å². The lowest BCUT2D eigenvalue weighted by atomic mass is 10.1. The van der Waals surface area contributed by atoms with Gasteiger partial charge in [-0.1, -0.05) is 12.1 Å². The third-order valence-electron chi connectivity index (χ3n) is 3.79. The summed E-state index contributed by atoms with van der Waals surface area (Å²) < 4.78 is 7.06. The molecule has 134 valence electrons. The quantitative estimate of drug-likeness (QED) is 0.691. The van der Waals surface area contributed by atoms with Crippen LogP contribution in [-0.4, -0.2) is 27.8 Å². The van der Waals surface area contributed by atoms with Crippen LogP contribution in [0.1, 0.15) is 12.0 Å². The Morgan fingerprint density at radius 3 is 2.73 bits per heavy atom. The first-order valence-corrected chi connectivity index (χ1v) is 9.00. The van der Waals surface area contributed by atoms with Gasteiger partial charge in [0.25, 0.3) is 0 Å². The number of carbonyl (C=O) groups is 1. The number of methoxy groups -OCH3 is 1. The molecular formula is C19H20N4O2S. The second kappa shape index (κ2) is 8.53. The molecule has 0 saturated heterocycles. The molecule has 2 aromatic carbocycles. The fraction of sp³-hybridized carbons (Fsp3) is 0.211. The minimum atomic E-state index is -0.0125. The van der Waals surface area contributed by atoms with Crippen molar-refractivity contribution in [3.05, 3.63) is 60.4 Å². The summed E-state index contributed by atoms with van der Waals surface area (Å²) in [5.74, 6) is 0.792. The molecule has 1 aromatic heterocycles. The van der Waals surface area contributed by atoms with Crippen LogP contribution in [0, 0.1) is 0 Å². The number of nitrogens with zero attached hydrogens (tertiary/aromatic N) is 3. The van der Waals surface area contributed by atoms with E-state index in [1.165, 1.54) is 11.8 Å². The van der Waals surface area contributed by atoms with Crippen LogP contribution in [0.25, 0.3) is 0 Å². The van der Waals surface area contributed by atoms with E-state index in [1.807, 2.05) is 60.1 Å². The molecule has 0 fully saturated rings. The second-order valence-electron chi connectivity index (χ2n) is 5.75. The van der Waals surface area contributed by atoms with Crippen molar-refractivity contribution in [1.29, 1.82) is 0 Å². The third kappa shape index (κ3) is 4.86. The fourth-order valence-corrected chi connectivity index (χ4v) is 3.15. The Morgan fingerprint density at radius 1 is 1.23 bits per heavy atom. The first kappa shape index (κ1) is 18.0. The Kier molecular flexibility index (Phi) is 5.91. The predicted octanol–water partition coefficient (Wildman–Crippen LogP) is 3.55. The molecule has 0 aliphatic carbocycles. The highest BCUT2D eigenvalue weighted by molar-refractivity contribution is 7.99. The minimum Gasteiger partial charge on any atom is -0.497 e. The summed E-state index contributed by atoms with van der Waals surface area (Å²) in [6.45, 7) is 0. The molecule has 3 aromatic rings. The minimum absolute atomic E-state index is 0.0125. The fourth-order valence-electron chi connectivity index (χ4n) is 2.39. The molecule has 1 amide bonds. The molecule has 26 heavy (non-hydrogen) atoms. The van der Waals surface area contributed by atoms with E-state index in [0.717, 1.165) is 27.1 Å². The van der Waals surface area contributed by atoms with Gasteiger partial charge in [0.05, 0.1) is 7.11 Å². The van der Waals surface area contributed by atoms with Gasteiger partial charge >= 0.3 is 0 Å². The van der Waals surface area contributed by atoms with E-state index in [4.69, 9.17) is 4.74 Å². The lowest BCUT2D eigenvalue weighted by Gasteiger charge is -2.07. The summed E-state index contributed by atoms with van der Waals surface area (Å²) >= 11 is 1.52. The van der Waals surface area contributed by atoms with Crippen LogP contribution in [0.2, 0.25) is 0 Å². The maximum absolute atomic E-state index is 12.2. The molecule has 7 heteroatoms. The first-order valence-electron chi connectivity index (χ1n) is 8.19. The molecule has 0 radical (unpaired) electrons. The molecule has 0 spiro atoms. The number of carbonyl (C=O) groups excluding carboxylic acids is 1. The van der Waals surface area contributed by atoms with Crippen molar-refractivity contribution >= 4 is 23.4 Å². The third-order valence-corrected chi connectivity index (χ3v) is 4.85. The van der Waals surface area contributed by atoms with Crippen LogP contribution in [0.5, 0.6) is 5.75 Å². The second-order valence-corrected chi connectivity index (χ2v) is 6.79. The Morgan fingerprint density at radius 2 is 2.04 bits per heavy atom. The number of anilines is 1. The van der Waals surface area contributed by atoms with Gasteiger partial charge in [0.1, 0.15) is 12.1 Å². The molecule has 0 aliphatic rings. The number of ether oxygens (including phenoxy) is 1. The van der Waals surface area contributed by atoms with Crippen LogP contribution in [0.3, 0.4) is 0 Å². The zero-order chi connectivity index (χ0) is 18.4. The van der Waals surface area contributed by atoms with E-state index < -0.39 is 0 Å². The van der Waals surface area contributed by atoms with Gasteiger partial charge in [-0.3, -0.25) is 4.79 Å². The van der Waals surface area contributed by atoms with Crippen molar-refractivity contribution < 1.29 is 9.53 Å². The number of hydrogen-bond donors (Lipinski definition) is 1. The number of aryl methyl sites for hydroxylation is 2. The number of aromatic nitrogens is 3. The summed E-state index contributed by atoms with van der Waals surface area (Å²) in [5.41, 5.74) is 1.86. The van der Waals surface area contributed by atoms with Crippen LogP contribution >= 0.6 is 11.8 Å². The van der Waals surface area contributed by atoms with E-state index in [2.05, 4.69) is 15.5 Å². The van der Waals surface area contributed by atoms with Gasteiger partial charge in [-0.25, -0.2) is 0 Å². The number of amides is 1. The molecule has 0 unspecified atom stereocenters. The van der Waals surface area contributed by atoms with Crippen molar-refractivity contribution in [2.24, 2.45) is 7.05 Å². The lowest BCUT2D eigenvalue weighted by Crippen LogP contribution is -2.12. The molecule has 1 N–H and O–H groups in total. The summed E-state index contributed by atoms with van der Waals surface area (Å²) in [5, 5.41) is 11.6. The van der Waals surface area contributed by atoms with Gasteiger partial charge in [-0.05, 0) is 60.1 Å². The Hall–Kier alpha value is -2.80. The molecule has 0 saturated carbocycles. The smallest absolute Gasteiger partial charge is 0.224 e. The van der Waals surface area contributed by atoms with Crippen LogP contribution in [0.4, 0.5) is 5.69 Å². The highest BCUT2D eigenvalue weighted by Crippen LogP contribution is 2.26. The topological polar surface area (TPSA) is 69.0 Å². The SMILES string of the molecule is COc1cccc(CCC(=O)Nc2ccc(Sc3nncn3C)cc2)c1. The predicted molar refractivity (Wildman–Crippen MR) is 102 cm³/mol. The number of rotatable bonds is 7. The monoisotopic (exact) mass is 368 g/mol. The lowest BCUT2D eigenvalue weighted by molar-refractivity contribution is -0.116.